The van der Waals surface area contributed by atoms with Crippen molar-refractivity contribution in [2.24, 2.45) is 0 Å². The molecule has 0 saturated heterocycles. The van der Waals surface area contributed by atoms with Crippen molar-refractivity contribution in [2.75, 3.05) is 25.1 Å². The molecule has 0 aliphatic heterocycles. The van der Waals surface area contributed by atoms with Crippen LogP contribution in [0.25, 0.3) is 16.2 Å². The number of aliphatic hydroxyl groups excluding tert-OH is 5. The van der Waals surface area contributed by atoms with E-state index >= 15 is 0 Å². The van der Waals surface area contributed by atoms with Gasteiger partial charge in [-0.05, 0) is 29.8 Å². The zero-order chi connectivity index (χ0) is 26.0. The third kappa shape index (κ3) is 5.44. The van der Waals surface area contributed by atoms with Crippen LogP contribution in [-0.2, 0) is 6.42 Å². The Bertz CT molecular complexity index is 1280. The van der Waals surface area contributed by atoms with Crippen molar-refractivity contribution in [3.05, 3.63) is 41.5 Å². The molecule has 4 unspecified atom stereocenters. The van der Waals surface area contributed by atoms with Gasteiger partial charge in [-0.3, -0.25) is 4.98 Å². The number of likely N-dealkylation sites (N-methyl/N-ethyl adjacent to an activating group) is 1. The maximum Gasteiger partial charge on any atom is 0.194 e. The lowest BCUT2D eigenvalue weighted by Crippen LogP contribution is -2.49. The normalized spacial score (nSPS) is 16.7. The molecule has 0 amide bonds. The number of rotatable bonds is 10. The minimum atomic E-state index is -1.72. The molecule has 0 spiro atoms. The van der Waals surface area contributed by atoms with Gasteiger partial charge >= 0.3 is 0 Å². The third-order valence-corrected chi connectivity index (χ3v) is 7.22. The van der Waals surface area contributed by atoms with Gasteiger partial charge < -0.3 is 30.4 Å². The Morgan fingerprint density at radius 3 is 2.50 bits per heavy atom. The monoisotopic (exact) mass is 534 g/mol. The first-order valence-electron chi connectivity index (χ1n) is 11.3. The van der Waals surface area contributed by atoms with Crippen molar-refractivity contribution in [2.45, 2.75) is 54.2 Å². The SMILES string of the molecule is CCC1=C(Cl)c2c(nc(Sc3cnc4nccnc4c3)nc2N(C)CC(O)C(O)C(O)C(O)CO)C1. The molecule has 0 aromatic carbocycles. The summed E-state index contributed by atoms with van der Waals surface area (Å²) in [4.78, 5) is 24.6. The molecular formula is C23H27ClN6O5S. The smallest absolute Gasteiger partial charge is 0.194 e. The van der Waals surface area contributed by atoms with Crippen LogP contribution in [0.2, 0.25) is 0 Å². The number of allylic oxidation sites excluding steroid dienone is 1. The van der Waals surface area contributed by atoms with Crippen LogP contribution in [0.1, 0.15) is 24.6 Å². The number of fused-ring (bicyclic) bond motifs is 2. The van der Waals surface area contributed by atoms with Crippen LogP contribution < -0.4 is 4.90 Å². The second-order valence-corrected chi connectivity index (χ2v) is 9.87. The summed E-state index contributed by atoms with van der Waals surface area (Å²) in [5.41, 5.74) is 3.58. The lowest BCUT2D eigenvalue weighted by atomic mass is 10.0. The molecule has 1 aliphatic carbocycles. The molecule has 3 heterocycles. The quantitative estimate of drug-likeness (QED) is 0.232. The molecule has 0 bridgehead atoms. The van der Waals surface area contributed by atoms with E-state index in [0.717, 1.165) is 22.6 Å². The van der Waals surface area contributed by atoms with Gasteiger partial charge in [0.05, 0.1) is 29.0 Å². The zero-order valence-electron chi connectivity index (χ0n) is 19.7. The van der Waals surface area contributed by atoms with Gasteiger partial charge in [-0.1, -0.05) is 18.5 Å². The van der Waals surface area contributed by atoms with Crippen LogP contribution in [0.5, 0.6) is 0 Å². The van der Waals surface area contributed by atoms with Crippen molar-refractivity contribution < 1.29 is 25.5 Å². The highest BCUT2D eigenvalue weighted by atomic mass is 35.5. The van der Waals surface area contributed by atoms with Gasteiger partial charge in [-0.15, -0.1) is 0 Å². The second kappa shape index (κ2) is 11.3. The molecule has 11 nitrogen and oxygen atoms in total. The summed E-state index contributed by atoms with van der Waals surface area (Å²) in [7, 11) is 1.67. The Balaban J connectivity index is 1.64. The first-order chi connectivity index (χ1) is 17.2. The van der Waals surface area contributed by atoms with E-state index in [1.807, 2.05) is 13.0 Å². The summed E-state index contributed by atoms with van der Waals surface area (Å²) >= 11 is 7.97. The van der Waals surface area contributed by atoms with E-state index in [1.165, 1.54) is 11.8 Å². The molecule has 13 heteroatoms. The summed E-state index contributed by atoms with van der Waals surface area (Å²) < 4.78 is 0. The van der Waals surface area contributed by atoms with E-state index in [4.69, 9.17) is 26.7 Å². The minimum Gasteiger partial charge on any atom is -0.394 e. The van der Waals surface area contributed by atoms with Crippen molar-refractivity contribution in [3.8, 4) is 0 Å². The average molecular weight is 535 g/mol. The molecule has 192 valence electrons. The van der Waals surface area contributed by atoms with Gasteiger partial charge in [-0.25, -0.2) is 19.9 Å². The fourth-order valence-electron chi connectivity index (χ4n) is 3.92. The third-order valence-electron chi connectivity index (χ3n) is 5.94. The number of pyridine rings is 1. The van der Waals surface area contributed by atoms with E-state index in [1.54, 1.807) is 30.5 Å². The fraction of sp³-hybridized carbons (Fsp3) is 0.435. The van der Waals surface area contributed by atoms with Gasteiger partial charge in [0, 0.05) is 43.5 Å². The summed E-state index contributed by atoms with van der Waals surface area (Å²) in [6.07, 6.45) is -0.325. The molecule has 3 aromatic heterocycles. The highest BCUT2D eigenvalue weighted by Gasteiger charge is 2.33. The fourth-order valence-corrected chi connectivity index (χ4v) is 5.09. The van der Waals surface area contributed by atoms with Crippen LogP contribution in [0.4, 0.5) is 5.82 Å². The predicted molar refractivity (Wildman–Crippen MR) is 135 cm³/mol. The Morgan fingerprint density at radius 2 is 1.78 bits per heavy atom. The first kappa shape index (κ1) is 26.6. The maximum absolute atomic E-state index is 10.5. The molecule has 0 radical (unpaired) electrons. The number of aromatic nitrogens is 5. The first-order valence-corrected chi connectivity index (χ1v) is 12.5. The topological polar surface area (TPSA) is 169 Å². The number of anilines is 1. The van der Waals surface area contributed by atoms with Crippen molar-refractivity contribution >= 4 is 45.4 Å². The van der Waals surface area contributed by atoms with E-state index in [0.29, 0.717) is 39.2 Å². The summed E-state index contributed by atoms with van der Waals surface area (Å²) in [6.45, 7) is 1.12. The van der Waals surface area contributed by atoms with Gasteiger partial charge in [0.2, 0.25) is 0 Å². The van der Waals surface area contributed by atoms with Crippen LogP contribution >= 0.6 is 23.4 Å². The van der Waals surface area contributed by atoms with Crippen LogP contribution in [0.3, 0.4) is 0 Å². The van der Waals surface area contributed by atoms with Gasteiger partial charge in [0.1, 0.15) is 29.6 Å². The van der Waals surface area contributed by atoms with E-state index in [-0.39, 0.29) is 6.54 Å². The minimum absolute atomic E-state index is 0.136. The molecule has 3 aromatic rings. The average Bonchev–Trinajstić information content (AvgIpc) is 3.21. The highest BCUT2D eigenvalue weighted by Crippen LogP contribution is 2.42. The van der Waals surface area contributed by atoms with E-state index in [2.05, 4.69) is 15.0 Å². The molecule has 0 saturated carbocycles. The molecular weight excluding hydrogens is 508 g/mol. The van der Waals surface area contributed by atoms with E-state index < -0.39 is 31.0 Å². The zero-order valence-corrected chi connectivity index (χ0v) is 21.2. The largest absolute Gasteiger partial charge is 0.394 e. The lowest BCUT2D eigenvalue weighted by Gasteiger charge is -2.29. The Kier molecular flexibility index (Phi) is 8.35. The molecule has 5 N–H and O–H groups in total. The van der Waals surface area contributed by atoms with Crippen molar-refractivity contribution in [3.63, 3.8) is 0 Å². The van der Waals surface area contributed by atoms with Gasteiger partial charge in [-0.2, -0.15) is 0 Å². The maximum atomic E-state index is 10.5. The molecule has 0 fully saturated rings. The van der Waals surface area contributed by atoms with Gasteiger partial charge in [0.15, 0.2) is 10.8 Å². The van der Waals surface area contributed by atoms with Crippen LogP contribution in [0.15, 0.2) is 40.3 Å². The molecule has 4 atom stereocenters. The van der Waals surface area contributed by atoms with E-state index in [9.17, 15) is 20.4 Å². The van der Waals surface area contributed by atoms with Crippen molar-refractivity contribution in [1.29, 1.82) is 0 Å². The summed E-state index contributed by atoms with van der Waals surface area (Å²) in [5.74, 6) is 0.452. The molecule has 36 heavy (non-hydrogen) atoms. The van der Waals surface area contributed by atoms with Crippen LogP contribution in [0, 0.1) is 0 Å². The second-order valence-electron chi connectivity index (χ2n) is 8.45. The summed E-state index contributed by atoms with van der Waals surface area (Å²) in [6, 6.07) is 1.84. The Morgan fingerprint density at radius 1 is 1.06 bits per heavy atom. The predicted octanol–water partition coefficient (Wildman–Crippen LogP) is 0.754. The highest BCUT2D eigenvalue weighted by molar-refractivity contribution is 7.99. The standard InChI is InChI=1S/C23H27ClN6O5S/c1-3-11-6-13-17(18(11)24)22(30(2)9-15(32)19(34)20(35)16(33)10-31)29-23(28-13)36-12-7-14-21(27-8-12)26-5-4-25-14/h4-5,7-8,15-16,19-20,31-35H,3,6,9-10H2,1-2H3. The lowest BCUT2D eigenvalue weighted by molar-refractivity contribution is -0.112. The molecule has 1 aliphatic rings. The molecule has 4 rings (SSSR count). The Labute approximate surface area is 216 Å². The number of hydrogen-bond donors (Lipinski definition) is 5. The van der Waals surface area contributed by atoms with Crippen molar-refractivity contribution in [1.82, 2.24) is 24.9 Å². The number of halogens is 1. The number of aliphatic hydroxyl groups is 5. The number of hydrogen-bond acceptors (Lipinski definition) is 12. The van der Waals surface area contributed by atoms with Crippen LogP contribution in [-0.4, -0.2) is 95.1 Å². The van der Waals surface area contributed by atoms with Gasteiger partial charge in [0.25, 0.3) is 0 Å². The Hall–Kier alpha value is -2.45. The summed E-state index contributed by atoms with van der Waals surface area (Å²) in [5, 5.41) is 50.4. The number of nitrogens with zero attached hydrogens (tertiary/aromatic N) is 6.